The van der Waals surface area contributed by atoms with E-state index in [0.29, 0.717) is 0 Å². The van der Waals surface area contributed by atoms with Gasteiger partial charge in [-0.1, -0.05) is 11.6 Å². The van der Waals surface area contributed by atoms with Crippen LogP contribution in [0.15, 0.2) is 10.8 Å². The van der Waals surface area contributed by atoms with Crippen molar-refractivity contribution in [3.8, 4) is 0 Å². The zero-order valence-electron chi connectivity index (χ0n) is 5.93. The van der Waals surface area contributed by atoms with Crippen molar-refractivity contribution < 1.29 is 4.74 Å². The van der Waals surface area contributed by atoms with Crippen LogP contribution in [0.2, 0.25) is 5.02 Å². The van der Waals surface area contributed by atoms with Crippen molar-refractivity contribution >= 4 is 22.9 Å². The van der Waals surface area contributed by atoms with Gasteiger partial charge in [0.2, 0.25) is 0 Å². The molecule has 0 bridgehead atoms. The maximum atomic E-state index is 5.84. The minimum absolute atomic E-state index is 0.110. The lowest BCUT2D eigenvalue weighted by atomic mass is 10.2. The van der Waals surface area contributed by atoms with Crippen LogP contribution in [-0.2, 0) is 4.74 Å². The highest BCUT2D eigenvalue weighted by atomic mass is 35.5. The lowest BCUT2D eigenvalue weighted by Crippen LogP contribution is -1.93. The molecule has 0 amide bonds. The molecule has 0 N–H and O–H groups in total. The van der Waals surface area contributed by atoms with E-state index in [9.17, 15) is 0 Å². The van der Waals surface area contributed by atoms with Crippen LogP contribution in [0.25, 0.3) is 0 Å². The first-order chi connectivity index (χ1) is 4.75. The predicted molar refractivity (Wildman–Crippen MR) is 44.8 cm³/mol. The Bertz CT molecular complexity index is 209. The van der Waals surface area contributed by atoms with Crippen LogP contribution >= 0.6 is 22.9 Å². The van der Waals surface area contributed by atoms with Crippen LogP contribution < -0.4 is 0 Å². The fourth-order valence-corrected chi connectivity index (χ4v) is 1.92. The van der Waals surface area contributed by atoms with Gasteiger partial charge >= 0.3 is 0 Å². The molecule has 0 aliphatic rings. The van der Waals surface area contributed by atoms with Gasteiger partial charge < -0.3 is 4.74 Å². The second kappa shape index (κ2) is 3.37. The summed E-state index contributed by atoms with van der Waals surface area (Å²) < 4.78 is 5.10. The van der Waals surface area contributed by atoms with Gasteiger partial charge in [0.25, 0.3) is 0 Å². The third kappa shape index (κ3) is 1.51. The van der Waals surface area contributed by atoms with E-state index in [2.05, 4.69) is 0 Å². The molecule has 1 aromatic heterocycles. The van der Waals surface area contributed by atoms with Crippen molar-refractivity contribution in [2.45, 2.75) is 13.0 Å². The lowest BCUT2D eigenvalue weighted by molar-refractivity contribution is 0.120. The molecule has 0 saturated heterocycles. The van der Waals surface area contributed by atoms with Crippen molar-refractivity contribution in [1.29, 1.82) is 0 Å². The Morgan fingerprint density at radius 1 is 1.60 bits per heavy atom. The standard InChI is InChI=1S/C7H9ClOS/c1-5(9-2)6-3-10-4-7(6)8/h3-5H,1-2H3. The highest BCUT2D eigenvalue weighted by molar-refractivity contribution is 7.08. The zero-order valence-corrected chi connectivity index (χ0v) is 7.50. The van der Waals surface area contributed by atoms with Gasteiger partial charge in [-0.05, 0) is 12.3 Å². The van der Waals surface area contributed by atoms with Gasteiger partial charge in [0.05, 0.1) is 11.1 Å². The minimum Gasteiger partial charge on any atom is -0.377 e. The molecule has 1 heterocycles. The van der Waals surface area contributed by atoms with E-state index in [1.165, 1.54) is 0 Å². The third-order valence-electron chi connectivity index (χ3n) is 1.43. The minimum atomic E-state index is 0.110. The predicted octanol–water partition coefficient (Wildman–Crippen LogP) is 3.11. The van der Waals surface area contributed by atoms with Crippen LogP contribution in [0.1, 0.15) is 18.6 Å². The Labute approximate surface area is 69.6 Å². The summed E-state index contributed by atoms with van der Waals surface area (Å²) >= 11 is 7.44. The molecule has 0 fully saturated rings. The second-order valence-corrected chi connectivity index (χ2v) is 3.20. The lowest BCUT2D eigenvalue weighted by Gasteiger charge is -2.06. The van der Waals surface area contributed by atoms with Crippen LogP contribution in [0.3, 0.4) is 0 Å². The number of rotatable bonds is 2. The molecule has 56 valence electrons. The molecule has 3 heteroatoms. The van der Waals surface area contributed by atoms with Gasteiger partial charge in [-0.15, -0.1) is 0 Å². The first-order valence-corrected chi connectivity index (χ1v) is 4.32. The summed E-state index contributed by atoms with van der Waals surface area (Å²) in [6.45, 7) is 1.98. The molecule has 0 saturated carbocycles. The molecular formula is C7H9ClOS. The highest BCUT2D eigenvalue weighted by Crippen LogP contribution is 2.27. The summed E-state index contributed by atoms with van der Waals surface area (Å²) in [6.07, 6.45) is 0.110. The molecule has 1 unspecified atom stereocenters. The van der Waals surface area contributed by atoms with Gasteiger partial charge in [0, 0.05) is 18.1 Å². The molecule has 1 atom stereocenters. The molecule has 0 aliphatic heterocycles. The van der Waals surface area contributed by atoms with E-state index in [-0.39, 0.29) is 6.10 Å². The van der Waals surface area contributed by atoms with Crippen molar-refractivity contribution in [2.75, 3.05) is 7.11 Å². The van der Waals surface area contributed by atoms with Crippen LogP contribution in [0, 0.1) is 0 Å². The molecule has 0 aliphatic carbocycles. The summed E-state index contributed by atoms with van der Waals surface area (Å²) in [4.78, 5) is 0. The fraction of sp³-hybridized carbons (Fsp3) is 0.429. The second-order valence-electron chi connectivity index (χ2n) is 2.05. The van der Waals surface area contributed by atoms with Gasteiger partial charge in [0.15, 0.2) is 0 Å². The summed E-state index contributed by atoms with van der Waals surface area (Å²) in [7, 11) is 1.68. The maximum Gasteiger partial charge on any atom is 0.0815 e. The van der Waals surface area contributed by atoms with E-state index in [1.807, 2.05) is 17.7 Å². The summed E-state index contributed by atoms with van der Waals surface area (Å²) in [5.74, 6) is 0. The maximum absolute atomic E-state index is 5.84. The first-order valence-electron chi connectivity index (χ1n) is 3.00. The third-order valence-corrected chi connectivity index (χ3v) is 2.65. The molecular weight excluding hydrogens is 168 g/mol. The van der Waals surface area contributed by atoms with Gasteiger partial charge in [-0.2, -0.15) is 11.3 Å². The average molecular weight is 177 g/mol. The van der Waals surface area contributed by atoms with Crippen LogP contribution in [0.4, 0.5) is 0 Å². The Morgan fingerprint density at radius 2 is 2.30 bits per heavy atom. The number of hydrogen-bond acceptors (Lipinski definition) is 2. The Morgan fingerprint density at radius 3 is 2.70 bits per heavy atom. The van der Waals surface area contributed by atoms with E-state index in [0.717, 1.165) is 10.6 Å². The monoisotopic (exact) mass is 176 g/mol. The smallest absolute Gasteiger partial charge is 0.0815 e. The quantitative estimate of drug-likeness (QED) is 0.673. The topological polar surface area (TPSA) is 9.23 Å². The number of halogens is 1. The van der Waals surface area contributed by atoms with Gasteiger partial charge in [0.1, 0.15) is 0 Å². The van der Waals surface area contributed by atoms with E-state index in [1.54, 1.807) is 18.4 Å². The molecule has 0 aromatic carbocycles. The van der Waals surface area contributed by atoms with Gasteiger partial charge in [-0.3, -0.25) is 0 Å². The van der Waals surface area contributed by atoms with Crippen LogP contribution in [0.5, 0.6) is 0 Å². The van der Waals surface area contributed by atoms with E-state index >= 15 is 0 Å². The number of methoxy groups -OCH3 is 1. The average Bonchev–Trinajstić information content (AvgIpc) is 2.34. The summed E-state index contributed by atoms with van der Waals surface area (Å²) in [5.41, 5.74) is 1.08. The van der Waals surface area contributed by atoms with Gasteiger partial charge in [-0.25, -0.2) is 0 Å². The van der Waals surface area contributed by atoms with E-state index in [4.69, 9.17) is 16.3 Å². The SMILES string of the molecule is COC(C)c1cscc1Cl. The molecule has 0 radical (unpaired) electrons. The van der Waals surface area contributed by atoms with Crippen molar-refractivity contribution in [3.63, 3.8) is 0 Å². The number of ether oxygens (including phenoxy) is 1. The van der Waals surface area contributed by atoms with Crippen LogP contribution in [-0.4, -0.2) is 7.11 Å². The van der Waals surface area contributed by atoms with Crippen molar-refractivity contribution in [1.82, 2.24) is 0 Å². The first kappa shape index (κ1) is 8.05. The molecule has 1 nitrogen and oxygen atoms in total. The largest absolute Gasteiger partial charge is 0.377 e. The summed E-state index contributed by atoms with van der Waals surface area (Å²) in [6, 6.07) is 0. The number of thiophene rings is 1. The fourth-order valence-electron chi connectivity index (χ4n) is 0.708. The molecule has 1 rings (SSSR count). The Hall–Kier alpha value is -0.0500. The summed E-state index contributed by atoms with van der Waals surface area (Å²) in [5, 5.41) is 4.72. The number of hydrogen-bond donors (Lipinski definition) is 0. The molecule has 0 spiro atoms. The Kier molecular flexibility index (Phi) is 2.72. The van der Waals surface area contributed by atoms with Crippen molar-refractivity contribution in [2.24, 2.45) is 0 Å². The normalized spacial score (nSPS) is 13.5. The molecule has 1 aromatic rings. The van der Waals surface area contributed by atoms with Crippen molar-refractivity contribution in [3.05, 3.63) is 21.3 Å². The van der Waals surface area contributed by atoms with E-state index < -0.39 is 0 Å². The Balaban J connectivity index is 2.82. The zero-order chi connectivity index (χ0) is 7.56. The highest BCUT2D eigenvalue weighted by Gasteiger charge is 2.07. The molecule has 10 heavy (non-hydrogen) atoms.